The van der Waals surface area contributed by atoms with Crippen LogP contribution in [-0.2, 0) is 15.0 Å². The second-order valence-electron chi connectivity index (χ2n) is 5.24. The van der Waals surface area contributed by atoms with Gasteiger partial charge < -0.3 is 9.80 Å². The van der Waals surface area contributed by atoms with E-state index >= 15 is 0 Å². The molecule has 1 rings (SSSR count). The highest BCUT2D eigenvalue weighted by atomic mass is 32.2. The number of amides is 1. The first-order chi connectivity index (χ1) is 9.34. The van der Waals surface area contributed by atoms with E-state index in [4.69, 9.17) is 0 Å². The number of nitrogens with one attached hydrogen (secondary N) is 2. The van der Waals surface area contributed by atoms with Gasteiger partial charge in [-0.25, -0.2) is 4.72 Å². The second-order valence-corrected chi connectivity index (χ2v) is 6.77. The Balaban J connectivity index is 2.27. The van der Waals surface area contributed by atoms with E-state index in [1.165, 1.54) is 0 Å². The molecule has 0 unspecified atom stereocenters. The third-order valence-electron chi connectivity index (χ3n) is 3.19. The van der Waals surface area contributed by atoms with Crippen molar-refractivity contribution in [2.24, 2.45) is 0 Å². The lowest BCUT2D eigenvalue weighted by atomic mass is 10.3. The van der Waals surface area contributed by atoms with Crippen LogP contribution in [0, 0.1) is 0 Å². The number of likely N-dealkylation sites (N-methyl/N-ethyl adjacent to an activating group) is 1. The molecule has 0 aromatic rings. The molecule has 0 bridgehead atoms. The maximum Gasteiger partial charge on any atom is 0.277 e. The molecule has 0 radical (unpaired) electrons. The van der Waals surface area contributed by atoms with E-state index in [-0.39, 0.29) is 24.9 Å². The van der Waals surface area contributed by atoms with Crippen molar-refractivity contribution in [1.82, 2.24) is 19.2 Å². The summed E-state index contributed by atoms with van der Waals surface area (Å²) in [5, 5.41) is 0. The van der Waals surface area contributed by atoms with E-state index in [0.717, 1.165) is 32.7 Å². The van der Waals surface area contributed by atoms with Gasteiger partial charge in [-0.05, 0) is 20.4 Å². The number of piperazine rings is 1. The van der Waals surface area contributed by atoms with E-state index < -0.39 is 10.2 Å². The Labute approximate surface area is 121 Å². The predicted molar refractivity (Wildman–Crippen MR) is 78.5 cm³/mol. The SMILES string of the molecule is CCN1CCN(C(=O)CCNS(=O)(=O)NC(C)C)CC1. The molecule has 118 valence electrons. The summed E-state index contributed by atoms with van der Waals surface area (Å²) in [5.74, 6) is 0.00741. The largest absolute Gasteiger partial charge is 0.340 e. The predicted octanol–water partition coefficient (Wildman–Crippen LogP) is -0.627. The zero-order valence-electron chi connectivity index (χ0n) is 12.6. The molecule has 1 amide bonds. The molecule has 0 aromatic carbocycles. The summed E-state index contributed by atoms with van der Waals surface area (Å²) in [5.41, 5.74) is 0. The minimum atomic E-state index is -3.50. The summed E-state index contributed by atoms with van der Waals surface area (Å²) in [6.07, 6.45) is 0.200. The van der Waals surface area contributed by atoms with Crippen LogP contribution in [0.4, 0.5) is 0 Å². The van der Waals surface area contributed by atoms with Gasteiger partial charge >= 0.3 is 0 Å². The Morgan fingerprint density at radius 1 is 1.20 bits per heavy atom. The molecule has 0 spiro atoms. The second kappa shape index (κ2) is 7.92. The molecule has 1 fully saturated rings. The zero-order chi connectivity index (χ0) is 15.2. The van der Waals surface area contributed by atoms with Gasteiger partial charge in [0.1, 0.15) is 0 Å². The van der Waals surface area contributed by atoms with Gasteiger partial charge in [-0.3, -0.25) is 4.79 Å². The van der Waals surface area contributed by atoms with E-state index in [9.17, 15) is 13.2 Å². The topological polar surface area (TPSA) is 81.8 Å². The monoisotopic (exact) mass is 306 g/mol. The first-order valence-electron chi connectivity index (χ1n) is 7.11. The Morgan fingerprint density at radius 2 is 1.80 bits per heavy atom. The summed E-state index contributed by atoms with van der Waals surface area (Å²) in [7, 11) is -3.50. The van der Waals surface area contributed by atoms with Crippen LogP contribution >= 0.6 is 0 Å². The van der Waals surface area contributed by atoms with E-state index in [2.05, 4.69) is 21.3 Å². The first-order valence-corrected chi connectivity index (χ1v) is 8.59. The van der Waals surface area contributed by atoms with Gasteiger partial charge in [-0.15, -0.1) is 0 Å². The van der Waals surface area contributed by atoms with Gasteiger partial charge in [0.25, 0.3) is 10.2 Å². The molecule has 2 N–H and O–H groups in total. The van der Waals surface area contributed by atoms with Crippen LogP contribution in [-0.4, -0.2) is 69.4 Å². The van der Waals surface area contributed by atoms with Crippen LogP contribution < -0.4 is 9.44 Å². The fourth-order valence-electron chi connectivity index (χ4n) is 2.12. The molecule has 0 saturated carbocycles. The van der Waals surface area contributed by atoms with Crippen LogP contribution in [0.3, 0.4) is 0 Å². The molecule has 0 atom stereocenters. The third-order valence-corrected chi connectivity index (χ3v) is 4.56. The molecule has 1 aliphatic heterocycles. The summed E-state index contributed by atoms with van der Waals surface area (Å²) in [6, 6.07) is -0.162. The van der Waals surface area contributed by atoms with Crippen LogP contribution in [0.15, 0.2) is 0 Å². The van der Waals surface area contributed by atoms with Crippen molar-refractivity contribution >= 4 is 16.1 Å². The number of nitrogens with zero attached hydrogens (tertiary/aromatic N) is 2. The lowest BCUT2D eigenvalue weighted by molar-refractivity contribution is -0.132. The van der Waals surface area contributed by atoms with Gasteiger partial charge in [0.2, 0.25) is 5.91 Å². The van der Waals surface area contributed by atoms with Gasteiger partial charge in [-0.2, -0.15) is 13.1 Å². The molecule has 7 nitrogen and oxygen atoms in total. The van der Waals surface area contributed by atoms with Crippen molar-refractivity contribution in [2.45, 2.75) is 33.2 Å². The molecular formula is C12H26N4O3S. The van der Waals surface area contributed by atoms with Crippen LogP contribution in [0.5, 0.6) is 0 Å². The molecule has 1 saturated heterocycles. The lowest BCUT2D eigenvalue weighted by Crippen LogP contribution is -2.49. The molecule has 20 heavy (non-hydrogen) atoms. The van der Waals surface area contributed by atoms with Crippen molar-refractivity contribution in [3.63, 3.8) is 0 Å². The number of rotatable bonds is 7. The first kappa shape index (κ1) is 17.4. The fraction of sp³-hybridized carbons (Fsp3) is 0.917. The average Bonchev–Trinajstić information content (AvgIpc) is 2.37. The Kier molecular flexibility index (Phi) is 6.87. The van der Waals surface area contributed by atoms with Crippen molar-refractivity contribution < 1.29 is 13.2 Å². The zero-order valence-corrected chi connectivity index (χ0v) is 13.4. The maximum absolute atomic E-state index is 12.0. The summed E-state index contributed by atoms with van der Waals surface area (Å²) < 4.78 is 27.9. The van der Waals surface area contributed by atoms with Crippen molar-refractivity contribution in [2.75, 3.05) is 39.3 Å². The Bertz CT molecular complexity index is 403. The Hall–Kier alpha value is -0.700. The van der Waals surface area contributed by atoms with Crippen LogP contribution in [0.2, 0.25) is 0 Å². The van der Waals surface area contributed by atoms with E-state index in [1.807, 2.05) is 0 Å². The summed E-state index contributed by atoms with van der Waals surface area (Å²) in [6.45, 7) is 9.97. The molecule has 0 aliphatic carbocycles. The molecular weight excluding hydrogens is 280 g/mol. The van der Waals surface area contributed by atoms with Gasteiger partial charge in [-0.1, -0.05) is 6.92 Å². The van der Waals surface area contributed by atoms with Gasteiger partial charge in [0, 0.05) is 45.2 Å². The quantitative estimate of drug-likeness (QED) is 0.656. The van der Waals surface area contributed by atoms with Crippen molar-refractivity contribution in [1.29, 1.82) is 0 Å². The summed E-state index contributed by atoms with van der Waals surface area (Å²) in [4.78, 5) is 16.0. The molecule has 1 aliphatic rings. The van der Waals surface area contributed by atoms with Gasteiger partial charge in [0.15, 0.2) is 0 Å². The molecule has 1 heterocycles. The number of carbonyl (C=O) groups excluding carboxylic acids is 1. The van der Waals surface area contributed by atoms with Crippen molar-refractivity contribution in [3.8, 4) is 0 Å². The smallest absolute Gasteiger partial charge is 0.277 e. The summed E-state index contributed by atoms with van der Waals surface area (Å²) >= 11 is 0. The number of hydrogen-bond donors (Lipinski definition) is 2. The van der Waals surface area contributed by atoms with Crippen LogP contribution in [0.25, 0.3) is 0 Å². The number of carbonyl (C=O) groups is 1. The highest BCUT2D eigenvalue weighted by Crippen LogP contribution is 2.03. The van der Waals surface area contributed by atoms with Crippen LogP contribution in [0.1, 0.15) is 27.2 Å². The minimum absolute atomic E-state index is 0.00741. The highest BCUT2D eigenvalue weighted by molar-refractivity contribution is 7.87. The third kappa shape index (κ3) is 6.17. The normalized spacial score (nSPS) is 17.7. The maximum atomic E-state index is 12.0. The lowest BCUT2D eigenvalue weighted by Gasteiger charge is -2.34. The average molecular weight is 306 g/mol. The Morgan fingerprint density at radius 3 is 2.30 bits per heavy atom. The standard InChI is InChI=1S/C12H26N4O3S/c1-4-15-7-9-16(10-8-15)12(17)5-6-13-20(18,19)14-11(2)3/h11,13-14H,4-10H2,1-3H3. The van der Waals surface area contributed by atoms with E-state index in [1.54, 1.807) is 18.7 Å². The van der Waals surface area contributed by atoms with E-state index in [0.29, 0.717) is 0 Å². The number of hydrogen-bond acceptors (Lipinski definition) is 4. The fourth-order valence-corrected chi connectivity index (χ4v) is 3.19. The molecule has 8 heteroatoms. The molecule has 0 aromatic heterocycles. The highest BCUT2D eigenvalue weighted by Gasteiger charge is 2.20. The van der Waals surface area contributed by atoms with Crippen molar-refractivity contribution in [3.05, 3.63) is 0 Å². The van der Waals surface area contributed by atoms with Gasteiger partial charge in [0.05, 0.1) is 0 Å². The minimum Gasteiger partial charge on any atom is -0.340 e.